The van der Waals surface area contributed by atoms with Gasteiger partial charge in [-0.15, -0.1) is 0 Å². The molecular weight excluding hydrogens is 368 g/mol. The molecule has 8 heteroatoms. The number of nitrogens with zero attached hydrogens (tertiary/aromatic N) is 1. The van der Waals surface area contributed by atoms with Crippen LogP contribution >= 0.6 is 0 Å². The summed E-state index contributed by atoms with van der Waals surface area (Å²) in [5, 5.41) is 2.95. The third-order valence-electron chi connectivity index (χ3n) is 5.55. The highest BCUT2D eigenvalue weighted by molar-refractivity contribution is 7.89. The largest absolute Gasteiger partial charge is 0.494 e. The molecule has 1 saturated carbocycles. The molecule has 4 atom stereocenters. The van der Waals surface area contributed by atoms with Crippen molar-refractivity contribution in [2.75, 3.05) is 26.8 Å². The van der Waals surface area contributed by atoms with E-state index in [1.54, 1.807) is 35.7 Å². The van der Waals surface area contributed by atoms with Crippen molar-refractivity contribution in [2.45, 2.75) is 43.7 Å². The van der Waals surface area contributed by atoms with Crippen molar-refractivity contribution < 1.29 is 22.7 Å². The number of benzene rings is 1. The van der Waals surface area contributed by atoms with Crippen LogP contribution in [-0.4, -0.2) is 57.6 Å². The van der Waals surface area contributed by atoms with Gasteiger partial charge in [-0.05, 0) is 55.9 Å². The molecule has 1 aliphatic carbocycles. The van der Waals surface area contributed by atoms with Gasteiger partial charge in [0.1, 0.15) is 5.75 Å². The highest BCUT2D eigenvalue weighted by Crippen LogP contribution is 2.39. The number of carbonyl (C=O) groups excluding carboxylic acids is 1. The van der Waals surface area contributed by atoms with Crippen LogP contribution in [0.4, 0.5) is 0 Å². The number of sulfonamides is 1. The summed E-state index contributed by atoms with van der Waals surface area (Å²) in [4.78, 5) is 11.7. The molecule has 0 bridgehead atoms. The number of ether oxygens (including phenoxy) is 2. The monoisotopic (exact) mass is 396 g/mol. The van der Waals surface area contributed by atoms with Crippen molar-refractivity contribution in [3.63, 3.8) is 0 Å². The summed E-state index contributed by atoms with van der Waals surface area (Å²) >= 11 is 0. The van der Waals surface area contributed by atoms with E-state index < -0.39 is 10.0 Å². The van der Waals surface area contributed by atoms with Crippen LogP contribution in [0.1, 0.15) is 26.7 Å². The molecule has 1 aromatic carbocycles. The Hall–Kier alpha value is -1.64. The van der Waals surface area contributed by atoms with Crippen LogP contribution in [-0.2, 0) is 19.6 Å². The van der Waals surface area contributed by atoms with Gasteiger partial charge < -0.3 is 14.8 Å². The molecule has 27 heavy (non-hydrogen) atoms. The number of methoxy groups -OCH3 is 1. The first-order chi connectivity index (χ1) is 12.8. The molecule has 1 heterocycles. The molecular formula is C19H28N2O5S. The fourth-order valence-electron chi connectivity index (χ4n) is 4.26. The molecule has 1 aliphatic heterocycles. The second kappa shape index (κ2) is 8.16. The van der Waals surface area contributed by atoms with Crippen LogP contribution in [0.2, 0.25) is 0 Å². The van der Waals surface area contributed by atoms with Crippen LogP contribution in [0.3, 0.4) is 0 Å². The number of rotatable bonds is 6. The van der Waals surface area contributed by atoms with Gasteiger partial charge in [-0.3, -0.25) is 4.79 Å². The van der Waals surface area contributed by atoms with Crippen molar-refractivity contribution in [3.8, 4) is 5.75 Å². The number of nitrogens with one attached hydrogen (secondary N) is 1. The zero-order valence-corrected chi connectivity index (χ0v) is 16.9. The molecule has 7 nitrogen and oxygen atoms in total. The Morgan fingerprint density at radius 3 is 2.37 bits per heavy atom. The number of hydrogen-bond acceptors (Lipinski definition) is 5. The van der Waals surface area contributed by atoms with Crippen molar-refractivity contribution >= 4 is 15.9 Å². The molecule has 3 rings (SSSR count). The van der Waals surface area contributed by atoms with Crippen LogP contribution in [0.25, 0.3) is 0 Å². The summed E-state index contributed by atoms with van der Waals surface area (Å²) < 4.78 is 38.6. The lowest BCUT2D eigenvalue weighted by Crippen LogP contribution is -2.49. The number of carbonyl (C=O) groups is 1. The maximum absolute atomic E-state index is 13.0. The molecule has 0 spiro atoms. The Morgan fingerprint density at radius 2 is 1.81 bits per heavy atom. The third-order valence-corrected chi connectivity index (χ3v) is 7.39. The smallest absolute Gasteiger partial charge is 0.243 e. The van der Waals surface area contributed by atoms with Gasteiger partial charge in [0, 0.05) is 27.1 Å². The van der Waals surface area contributed by atoms with Crippen molar-refractivity contribution in [1.29, 1.82) is 0 Å². The number of amides is 1. The van der Waals surface area contributed by atoms with E-state index in [1.807, 2.05) is 6.92 Å². The molecule has 2 aliphatic rings. The lowest BCUT2D eigenvalue weighted by atomic mass is 9.77. The van der Waals surface area contributed by atoms with Gasteiger partial charge in [-0.25, -0.2) is 8.42 Å². The van der Waals surface area contributed by atoms with Crippen molar-refractivity contribution in [2.24, 2.45) is 11.8 Å². The molecule has 0 aromatic heterocycles. The summed E-state index contributed by atoms with van der Waals surface area (Å²) in [6.07, 6.45) is 1.41. The number of hydrogen-bond donors (Lipinski definition) is 1. The average molecular weight is 397 g/mol. The van der Waals surface area contributed by atoms with E-state index in [2.05, 4.69) is 5.32 Å². The second-order valence-corrected chi connectivity index (χ2v) is 9.24. The van der Waals surface area contributed by atoms with Gasteiger partial charge in [0.15, 0.2) is 0 Å². The Balaban J connectivity index is 1.73. The van der Waals surface area contributed by atoms with E-state index in [0.29, 0.717) is 25.4 Å². The fraction of sp³-hybridized carbons (Fsp3) is 0.632. The van der Waals surface area contributed by atoms with Gasteiger partial charge in [0.25, 0.3) is 0 Å². The zero-order valence-electron chi connectivity index (χ0n) is 16.1. The minimum atomic E-state index is -3.54. The molecule has 150 valence electrons. The summed E-state index contributed by atoms with van der Waals surface area (Å²) in [6, 6.07) is 6.50. The lowest BCUT2D eigenvalue weighted by Gasteiger charge is -2.37. The van der Waals surface area contributed by atoms with Gasteiger partial charge in [0.2, 0.25) is 15.9 Å². The van der Waals surface area contributed by atoms with Crippen molar-refractivity contribution in [3.05, 3.63) is 24.3 Å². The van der Waals surface area contributed by atoms with Gasteiger partial charge in [-0.2, -0.15) is 4.31 Å². The Labute approximate surface area is 161 Å². The first-order valence-corrected chi connectivity index (χ1v) is 10.8. The Morgan fingerprint density at radius 1 is 1.19 bits per heavy atom. The molecule has 1 amide bonds. The molecule has 1 aromatic rings. The van der Waals surface area contributed by atoms with Gasteiger partial charge in [-0.1, -0.05) is 0 Å². The SMILES string of the molecule is CCOc1ccc(S(=O)(=O)N2C[C@H]3C[C@@H](NC(C)=O)[C@H](OC)C[C@H]3C2)cc1. The fourth-order valence-corrected chi connectivity index (χ4v) is 5.82. The predicted molar refractivity (Wildman–Crippen MR) is 101 cm³/mol. The molecule has 0 unspecified atom stereocenters. The summed E-state index contributed by atoms with van der Waals surface area (Å²) in [7, 11) is -1.90. The second-order valence-electron chi connectivity index (χ2n) is 7.30. The maximum atomic E-state index is 13.0. The van der Waals surface area contributed by atoms with E-state index in [4.69, 9.17) is 9.47 Å². The van der Waals surface area contributed by atoms with Crippen LogP contribution in [0.5, 0.6) is 5.75 Å². The molecule has 0 radical (unpaired) electrons. The maximum Gasteiger partial charge on any atom is 0.243 e. The minimum Gasteiger partial charge on any atom is -0.494 e. The Bertz CT molecular complexity index is 765. The number of fused-ring (bicyclic) bond motifs is 1. The highest BCUT2D eigenvalue weighted by atomic mass is 32.2. The van der Waals surface area contributed by atoms with Crippen molar-refractivity contribution in [1.82, 2.24) is 9.62 Å². The molecule has 1 N–H and O–H groups in total. The molecule has 1 saturated heterocycles. The summed E-state index contributed by atoms with van der Waals surface area (Å²) in [5.41, 5.74) is 0. The topological polar surface area (TPSA) is 84.9 Å². The van der Waals surface area contributed by atoms with E-state index >= 15 is 0 Å². The normalized spacial score (nSPS) is 28.6. The first kappa shape index (κ1) is 20.1. The van der Waals surface area contributed by atoms with E-state index in [-0.39, 0.29) is 34.8 Å². The standard InChI is InChI=1S/C19H28N2O5S/c1-4-26-16-5-7-17(8-6-16)27(23,24)21-11-14-9-18(20-13(2)22)19(25-3)10-15(14)12-21/h5-8,14-15,18-19H,4,9-12H2,1-3H3,(H,20,22)/t14-,15+,18-,19-/m1/s1. The zero-order chi connectivity index (χ0) is 19.6. The lowest BCUT2D eigenvalue weighted by molar-refractivity contribution is -0.121. The quantitative estimate of drug-likeness (QED) is 0.790. The van der Waals surface area contributed by atoms with E-state index in [0.717, 1.165) is 12.8 Å². The summed E-state index contributed by atoms with van der Waals surface area (Å²) in [6.45, 7) is 4.89. The van der Waals surface area contributed by atoms with Crippen LogP contribution in [0.15, 0.2) is 29.2 Å². The highest BCUT2D eigenvalue weighted by Gasteiger charge is 2.45. The van der Waals surface area contributed by atoms with Gasteiger partial charge in [0.05, 0.1) is 23.6 Å². The molecule has 2 fully saturated rings. The van der Waals surface area contributed by atoms with Crippen LogP contribution < -0.4 is 10.1 Å². The summed E-state index contributed by atoms with van der Waals surface area (Å²) in [5.74, 6) is 1.05. The first-order valence-electron chi connectivity index (χ1n) is 9.38. The van der Waals surface area contributed by atoms with E-state index in [1.165, 1.54) is 6.92 Å². The van der Waals surface area contributed by atoms with Crippen LogP contribution in [0, 0.1) is 11.8 Å². The Kier molecular flexibility index (Phi) is 6.08. The average Bonchev–Trinajstić information content (AvgIpc) is 3.05. The van der Waals surface area contributed by atoms with Gasteiger partial charge >= 0.3 is 0 Å². The minimum absolute atomic E-state index is 0.0677. The predicted octanol–water partition coefficient (Wildman–Crippen LogP) is 1.64. The van der Waals surface area contributed by atoms with E-state index in [9.17, 15) is 13.2 Å². The third kappa shape index (κ3) is 4.28.